The van der Waals surface area contributed by atoms with E-state index in [-0.39, 0.29) is 11.3 Å². The summed E-state index contributed by atoms with van der Waals surface area (Å²) in [6, 6.07) is 0. The molecule has 13 heavy (non-hydrogen) atoms. The van der Waals surface area contributed by atoms with Gasteiger partial charge in [0, 0.05) is 10.7 Å². The quantitative estimate of drug-likeness (QED) is 0.345. The summed E-state index contributed by atoms with van der Waals surface area (Å²) in [6.07, 6.45) is 2.48. The maximum Gasteiger partial charge on any atom is 0.335 e. The molecule has 0 aromatic heterocycles. The summed E-state index contributed by atoms with van der Waals surface area (Å²) >= 11 is 3.05. The molecule has 0 fully saturated rings. The number of aliphatic carboxylic acids is 1. The van der Waals surface area contributed by atoms with Gasteiger partial charge in [-0.25, -0.2) is 4.79 Å². The average Bonchev–Trinajstić information content (AvgIpc) is 2.12. The minimum atomic E-state index is -1.04. The van der Waals surface area contributed by atoms with Crippen molar-refractivity contribution in [3.05, 3.63) is 21.9 Å². The molecular formula is C8H10BrNO3. The lowest BCUT2D eigenvalue weighted by Gasteiger charge is -2.03. The predicted molar refractivity (Wildman–Crippen MR) is 53.1 cm³/mol. The van der Waals surface area contributed by atoms with Crippen molar-refractivity contribution < 1.29 is 14.6 Å². The van der Waals surface area contributed by atoms with E-state index in [0.717, 1.165) is 6.21 Å². The molecule has 0 aromatic rings. The maximum absolute atomic E-state index is 10.5. The second-order valence-corrected chi connectivity index (χ2v) is 3.09. The van der Waals surface area contributed by atoms with Crippen LogP contribution in [0.2, 0.25) is 0 Å². The Morgan fingerprint density at radius 3 is 2.46 bits per heavy atom. The third kappa shape index (κ3) is 3.89. The zero-order valence-corrected chi connectivity index (χ0v) is 8.88. The van der Waals surface area contributed by atoms with Crippen LogP contribution >= 0.6 is 15.9 Å². The molecule has 0 aromatic carbocycles. The van der Waals surface area contributed by atoms with Crippen LogP contribution in [0.15, 0.2) is 21.9 Å². The highest BCUT2D eigenvalue weighted by atomic mass is 79.9. The van der Waals surface area contributed by atoms with E-state index in [1.807, 2.05) is 0 Å². The Labute approximate surface area is 84.5 Å². The second kappa shape index (κ2) is 5.53. The molecule has 0 saturated carbocycles. The molecule has 0 saturated heterocycles. The van der Waals surface area contributed by atoms with E-state index in [4.69, 9.17) is 15.3 Å². The third-order valence-electron chi connectivity index (χ3n) is 1.32. The fraction of sp³-hybridized carbons (Fsp3) is 0.250. The summed E-state index contributed by atoms with van der Waals surface area (Å²) in [6.45, 7) is 1.43. The Hall–Kier alpha value is -1.10. The molecule has 0 unspecified atom stereocenters. The van der Waals surface area contributed by atoms with Crippen molar-refractivity contribution in [3.63, 3.8) is 0 Å². The number of rotatable bonds is 4. The molecule has 0 amide bonds. The summed E-state index contributed by atoms with van der Waals surface area (Å²) < 4.78 is 5.28. The molecule has 0 spiro atoms. The lowest BCUT2D eigenvalue weighted by Crippen LogP contribution is -2.01. The molecule has 0 bridgehead atoms. The average molecular weight is 248 g/mol. The van der Waals surface area contributed by atoms with Crippen molar-refractivity contribution in [1.82, 2.24) is 0 Å². The minimum absolute atomic E-state index is 0.0984. The molecule has 0 atom stereocenters. The molecule has 0 aliphatic rings. The van der Waals surface area contributed by atoms with E-state index in [1.54, 1.807) is 0 Å². The Balaban J connectivity index is 5.00. The topological polar surface area (TPSA) is 70.4 Å². The number of carbonyl (C=O) groups is 1. The monoisotopic (exact) mass is 247 g/mol. The van der Waals surface area contributed by atoms with Crippen LogP contribution in [0.1, 0.15) is 6.92 Å². The Morgan fingerprint density at radius 2 is 2.15 bits per heavy atom. The van der Waals surface area contributed by atoms with Crippen LogP contribution in [0.4, 0.5) is 0 Å². The van der Waals surface area contributed by atoms with Gasteiger partial charge in [0.15, 0.2) is 0 Å². The zero-order valence-electron chi connectivity index (χ0n) is 7.30. The molecule has 2 N–H and O–H groups in total. The first-order valence-electron chi connectivity index (χ1n) is 3.38. The molecular weight excluding hydrogens is 238 g/mol. The highest BCUT2D eigenvalue weighted by Gasteiger charge is 2.07. The second-order valence-electron chi connectivity index (χ2n) is 2.17. The van der Waals surface area contributed by atoms with Crippen LogP contribution in [0.3, 0.4) is 0 Å². The first-order valence-corrected chi connectivity index (χ1v) is 4.18. The van der Waals surface area contributed by atoms with Gasteiger partial charge in [-0.05, 0) is 28.9 Å². The summed E-state index contributed by atoms with van der Waals surface area (Å²) in [7, 11) is 1.38. The van der Waals surface area contributed by atoms with Gasteiger partial charge in [-0.1, -0.05) is 0 Å². The first kappa shape index (κ1) is 11.9. The fourth-order valence-electron chi connectivity index (χ4n) is 0.593. The molecule has 72 valence electrons. The molecule has 0 aliphatic heterocycles. The van der Waals surface area contributed by atoms with Crippen molar-refractivity contribution in [3.8, 4) is 0 Å². The van der Waals surface area contributed by atoms with Gasteiger partial charge in [0.05, 0.1) is 12.7 Å². The van der Waals surface area contributed by atoms with Crippen LogP contribution < -0.4 is 0 Å². The van der Waals surface area contributed by atoms with E-state index in [2.05, 4.69) is 15.9 Å². The summed E-state index contributed by atoms with van der Waals surface area (Å²) in [5.74, 6) is -0.818. The van der Waals surface area contributed by atoms with Gasteiger partial charge in [0.25, 0.3) is 0 Å². The molecule has 5 heteroatoms. The van der Waals surface area contributed by atoms with E-state index < -0.39 is 5.97 Å². The van der Waals surface area contributed by atoms with Crippen molar-refractivity contribution >= 4 is 28.1 Å². The van der Waals surface area contributed by atoms with Crippen LogP contribution in [0, 0.1) is 5.41 Å². The lowest BCUT2D eigenvalue weighted by atomic mass is 10.2. The molecule has 0 rings (SSSR count). The number of carboxylic acids is 1. The van der Waals surface area contributed by atoms with Gasteiger partial charge in [0.2, 0.25) is 0 Å². The Bertz CT molecular complexity index is 281. The molecule has 0 aliphatic carbocycles. The molecule has 4 nitrogen and oxygen atoms in total. The normalized spacial score (nSPS) is 13.3. The van der Waals surface area contributed by atoms with E-state index in [0.29, 0.717) is 4.48 Å². The van der Waals surface area contributed by atoms with Crippen molar-refractivity contribution in [1.29, 1.82) is 5.41 Å². The number of hydrogen-bond donors (Lipinski definition) is 2. The van der Waals surface area contributed by atoms with E-state index in [1.165, 1.54) is 20.1 Å². The zero-order chi connectivity index (χ0) is 10.4. The summed E-state index contributed by atoms with van der Waals surface area (Å²) in [5, 5.41) is 15.5. The van der Waals surface area contributed by atoms with Crippen LogP contribution in [0.5, 0.6) is 0 Å². The molecule has 0 radical (unpaired) electrons. The van der Waals surface area contributed by atoms with Gasteiger partial charge in [-0.2, -0.15) is 0 Å². The van der Waals surface area contributed by atoms with Gasteiger partial charge >= 0.3 is 5.97 Å². The highest BCUT2D eigenvalue weighted by Crippen LogP contribution is 2.12. The standard InChI is InChI=1S/C8H10BrNO3/c1-5(8(11)12)7(13-2)3-6(9)4-10/h3-4,10H,1-2H3,(H,11,12)/b6-3+,7-5-,10-4?. The minimum Gasteiger partial charge on any atom is -0.496 e. The van der Waals surface area contributed by atoms with Gasteiger partial charge < -0.3 is 15.3 Å². The SMILES string of the molecule is COC(/C=C(/Br)C=N)=C(/C)C(=O)O. The largest absolute Gasteiger partial charge is 0.496 e. The van der Waals surface area contributed by atoms with E-state index in [9.17, 15) is 4.79 Å². The number of ether oxygens (including phenoxy) is 1. The number of methoxy groups -OCH3 is 1. The van der Waals surface area contributed by atoms with Gasteiger partial charge in [-0.3, -0.25) is 0 Å². The Kier molecular flexibility index (Phi) is 5.06. The summed E-state index contributed by atoms with van der Waals surface area (Å²) in [4.78, 5) is 10.5. The van der Waals surface area contributed by atoms with Crippen LogP contribution in [-0.4, -0.2) is 24.4 Å². The Morgan fingerprint density at radius 1 is 1.62 bits per heavy atom. The predicted octanol–water partition coefficient (Wildman–Crippen LogP) is 1.92. The third-order valence-corrected chi connectivity index (χ3v) is 1.78. The lowest BCUT2D eigenvalue weighted by molar-refractivity contribution is -0.132. The van der Waals surface area contributed by atoms with Crippen LogP contribution in [0.25, 0.3) is 0 Å². The fourth-order valence-corrected chi connectivity index (χ4v) is 0.800. The molecule has 0 heterocycles. The number of hydrogen-bond acceptors (Lipinski definition) is 3. The highest BCUT2D eigenvalue weighted by molar-refractivity contribution is 9.12. The number of allylic oxidation sites excluding steroid dienone is 2. The van der Waals surface area contributed by atoms with Crippen molar-refractivity contribution in [2.24, 2.45) is 0 Å². The van der Waals surface area contributed by atoms with Crippen molar-refractivity contribution in [2.75, 3.05) is 7.11 Å². The summed E-state index contributed by atoms with van der Waals surface area (Å²) in [5.41, 5.74) is 0.0984. The van der Waals surface area contributed by atoms with Crippen LogP contribution in [-0.2, 0) is 9.53 Å². The maximum atomic E-state index is 10.5. The number of halogens is 1. The number of nitrogens with one attached hydrogen (secondary N) is 1. The number of carboxylic acid groups (broad SMARTS) is 1. The first-order chi connectivity index (χ1) is 6.02. The van der Waals surface area contributed by atoms with Gasteiger partial charge in [-0.15, -0.1) is 0 Å². The smallest absolute Gasteiger partial charge is 0.335 e. The van der Waals surface area contributed by atoms with E-state index >= 15 is 0 Å². The van der Waals surface area contributed by atoms with Gasteiger partial charge in [0.1, 0.15) is 5.76 Å². The van der Waals surface area contributed by atoms with Crippen molar-refractivity contribution in [2.45, 2.75) is 6.92 Å².